The lowest BCUT2D eigenvalue weighted by Gasteiger charge is -2.34. The van der Waals surface area contributed by atoms with Gasteiger partial charge in [0.25, 0.3) is 0 Å². The molecule has 0 fully saturated rings. The van der Waals surface area contributed by atoms with Gasteiger partial charge in [0.1, 0.15) is 12.1 Å². The van der Waals surface area contributed by atoms with Gasteiger partial charge in [-0.05, 0) is 44.0 Å². The number of hydrogen-bond acceptors (Lipinski definition) is 6. The van der Waals surface area contributed by atoms with Crippen LogP contribution < -0.4 is 5.73 Å². The van der Waals surface area contributed by atoms with E-state index in [1.807, 2.05) is 0 Å². The number of hydrogen-bond donors (Lipinski definition) is 1. The van der Waals surface area contributed by atoms with Crippen LogP contribution >= 0.6 is 66.7 Å². The molecule has 128 valence electrons. The summed E-state index contributed by atoms with van der Waals surface area (Å²) in [6.07, 6.45) is 2.75. The van der Waals surface area contributed by atoms with Gasteiger partial charge in [0.05, 0.1) is 15.5 Å². The van der Waals surface area contributed by atoms with Crippen LogP contribution in [0.4, 0.5) is 0 Å². The van der Waals surface area contributed by atoms with E-state index in [4.69, 9.17) is 44.7 Å². The number of carbonyl (C=O) groups excluding carboxylic acids is 1. The van der Waals surface area contributed by atoms with Crippen molar-refractivity contribution in [1.29, 1.82) is 0 Å². The lowest BCUT2D eigenvalue weighted by atomic mass is 9.94. The fraction of sp³-hybridized carbons (Fsp3) is 0.400. The second kappa shape index (κ2) is 6.47. The first-order valence-electron chi connectivity index (χ1n) is 5.76. The molecular formula is C10H8Br2Cl3N3O4S. The maximum atomic E-state index is 12.5. The van der Waals surface area contributed by atoms with Crippen LogP contribution in [0.3, 0.4) is 0 Å². The van der Waals surface area contributed by atoms with E-state index < -0.39 is 26.2 Å². The molecule has 0 atom stereocenters. The number of rotatable bonds is 3. The monoisotopic (exact) mass is 529 g/mol. The first kappa shape index (κ1) is 19.5. The van der Waals surface area contributed by atoms with E-state index in [0.29, 0.717) is 0 Å². The van der Waals surface area contributed by atoms with Gasteiger partial charge in [-0.1, -0.05) is 34.8 Å². The number of guanidine groups is 1. The van der Waals surface area contributed by atoms with Crippen LogP contribution in [-0.2, 0) is 19.3 Å². The zero-order chi connectivity index (χ0) is 17.6. The molecule has 0 radical (unpaired) electrons. The van der Waals surface area contributed by atoms with Gasteiger partial charge in [0.15, 0.2) is 0 Å². The standard InChI is InChI=1S/C10H8Br2Cl3N3O4S/c11-5-1-9(2-6(12)7(5)19)3-17-8(16)18(9)23(20,21)22-4-10(13,14)15/h1-2H,3-4H2,(H2,16,17). The number of alkyl halides is 3. The van der Waals surface area contributed by atoms with Gasteiger partial charge in [-0.2, -0.15) is 8.42 Å². The third kappa shape index (κ3) is 4.05. The molecule has 1 aliphatic heterocycles. The Bertz CT molecular complexity index is 723. The highest BCUT2D eigenvalue weighted by Crippen LogP contribution is 2.38. The second-order valence-electron chi connectivity index (χ2n) is 4.58. The highest BCUT2D eigenvalue weighted by molar-refractivity contribution is 9.13. The van der Waals surface area contributed by atoms with Crippen molar-refractivity contribution >= 4 is 88.7 Å². The number of nitrogens with two attached hydrogens (primary N) is 1. The topological polar surface area (TPSA) is 102 Å². The Morgan fingerprint density at radius 1 is 1.35 bits per heavy atom. The first-order valence-corrected chi connectivity index (χ1v) is 9.84. The van der Waals surface area contributed by atoms with E-state index in [1.165, 1.54) is 12.2 Å². The molecule has 0 aromatic rings. The summed E-state index contributed by atoms with van der Waals surface area (Å²) in [5.41, 5.74) is 4.35. The van der Waals surface area contributed by atoms with Crippen molar-refractivity contribution in [3.63, 3.8) is 0 Å². The third-order valence-corrected chi connectivity index (χ3v) is 5.76. The van der Waals surface area contributed by atoms with Crippen molar-refractivity contribution < 1.29 is 17.4 Å². The van der Waals surface area contributed by atoms with Gasteiger partial charge < -0.3 is 5.73 Å². The molecule has 2 N–H and O–H groups in total. The number of ketones is 1. The normalized spacial score (nSPS) is 21.3. The van der Waals surface area contributed by atoms with E-state index in [0.717, 1.165) is 4.31 Å². The quantitative estimate of drug-likeness (QED) is 0.562. The van der Waals surface area contributed by atoms with Crippen LogP contribution in [0.2, 0.25) is 0 Å². The Morgan fingerprint density at radius 3 is 2.35 bits per heavy atom. The first-order chi connectivity index (χ1) is 10.4. The molecule has 0 amide bonds. The van der Waals surface area contributed by atoms with Crippen molar-refractivity contribution in [3.8, 4) is 0 Å². The van der Waals surface area contributed by atoms with E-state index >= 15 is 0 Å². The largest absolute Gasteiger partial charge is 0.369 e. The van der Waals surface area contributed by atoms with Gasteiger partial charge in [0, 0.05) is 0 Å². The molecule has 0 saturated carbocycles. The average molecular weight is 532 g/mol. The fourth-order valence-electron chi connectivity index (χ4n) is 2.00. The Labute approximate surface area is 164 Å². The Balaban J connectivity index is 2.43. The van der Waals surface area contributed by atoms with Gasteiger partial charge in [0.2, 0.25) is 15.5 Å². The van der Waals surface area contributed by atoms with Crippen molar-refractivity contribution in [2.45, 2.75) is 9.33 Å². The van der Waals surface area contributed by atoms with Crippen LogP contribution in [0.5, 0.6) is 0 Å². The molecule has 13 heteroatoms. The van der Waals surface area contributed by atoms with Crippen LogP contribution in [0.15, 0.2) is 26.1 Å². The van der Waals surface area contributed by atoms with Crippen LogP contribution in [0.1, 0.15) is 0 Å². The van der Waals surface area contributed by atoms with E-state index in [-0.39, 0.29) is 27.3 Å². The van der Waals surface area contributed by atoms with Crippen molar-refractivity contribution in [3.05, 3.63) is 21.1 Å². The summed E-state index contributed by atoms with van der Waals surface area (Å²) in [6, 6.07) is 0. The summed E-state index contributed by atoms with van der Waals surface area (Å²) >= 11 is 22.7. The summed E-state index contributed by atoms with van der Waals surface area (Å²) in [6.45, 7) is -0.749. The Morgan fingerprint density at radius 2 is 1.87 bits per heavy atom. The zero-order valence-corrected chi connectivity index (χ0v) is 17.2. The molecular weight excluding hydrogens is 524 g/mol. The molecule has 1 aliphatic carbocycles. The highest BCUT2D eigenvalue weighted by atomic mass is 79.9. The van der Waals surface area contributed by atoms with Crippen molar-refractivity contribution in [2.24, 2.45) is 10.7 Å². The SMILES string of the molecule is NC1=NCC2(C=C(Br)C(=O)C(Br)=C2)N1S(=O)(=O)OCC(Cl)(Cl)Cl. The molecule has 2 rings (SSSR count). The van der Waals surface area contributed by atoms with E-state index in [9.17, 15) is 13.2 Å². The fourth-order valence-corrected chi connectivity index (χ4v) is 5.14. The predicted molar refractivity (Wildman–Crippen MR) is 95.2 cm³/mol. The van der Waals surface area contributed by atoms with Crippen LogP contribution in [0.25, 0.3) is 0 Å². The van der Waals surface area contributed by atoms with Crippen LogP contribution in [0, 0.1) is 0 Å². The number of nitrogens with zero attached hydrogens (tertiary/aromatic N) is 2. The van der Waals surface area contributed by atoms with Gasteiger partial charge >= 0.3 is 10.3 Å². The Kier molecular flexibility index (Phi) is 5.48. The second-order valence-corrected chi connectivity index (χ2v) is 10.3. The maximum absolute atomic E-state index is 12.5. The predicted octanol–water partition coefficient (Wildman–Crippen LogP) is 2.13. The third-order valence-electron chi connectivity index (χ3n) is 2.86. The molecule has 0 bridgehead atoms. The van der Waals surface area contributed by atoms with Crippen molar-refractivity contribution in [2.75, 3.05) is 13.2 Å². The minimum absolute atomic E-state index is 0.0350. The summed E-state index contributed by atoms with van der Waals surface area (Å²) < 4.78 is 28.7. The van der Waals surface area contributed by atoms with E-state index in [1.54, 1.807) is 0 Å². The van der Waals surface area contributed by atoms with E-state index in [2.05, 4.69) is 36.9 Å². The average Bonchev–Trinajstić information content (AvgIpc) is 2.70. The van der Waals surface area contributed by atoms with Gasteiger partial charge in [-0.15, -0.1) is 0 Å². The summed E-state index contributed by atoms with van der Waals surface area (Å²) in [4.78, 5) is 15.7. The highest BCUT2D eigenvalue weighted by Gasteiger charge is 2.49. The summed E-state index contributed by atoms with van der Waals surface area (Å²) in [5.74, 6) is -0.655. The van der Waals surface area contributed by atoms with Gasteiger partial charge in [-0.3, -0.25) is 4.79 Å². The van der Waals surface area contributed by atoms with Crippen LogP contribution in [-0.4, -0.2) is 46.9 Å². The number of halogens is 5. The van der Waals surface area contributed by atoms with Gasteiger partial charge in [-0.25, -0.2) is 13.5 Å². The Hall–Kier alpha value is 0.160. The lowest BCUT2D eigenvalue weighted by Crippen LogP contribution is -2.54. The molecule has 1 heterocycles. The number of carbonyl (C=O) groups is 1. The summed E-state index contributed by atoms with van der Waals surface area (Å²) in [5, 5.41) is 0. The molecule has 7 nitrogen and oxygen atoms in total. The zero-order valence-electron chi connectivity index (χ0n) is 11.0. The number of aliphatic imine (C=N–C) groups is 1. The molecule has 0 aromatic heterocycles. The number of allylic oxidation sites excluding steroid dienone is 2. The lowest BCUT2D eigenvalue weighted by molar-refractivity contribution is -0.111. The minimum Gasteiger partial charge on any atom is -0.369 e. The minimum atomic E-state index is -4.43. The molecule has 0 saturated heterocycles. The van der Waals surface area contributed by atoms with Crippen molar-refractivity contribution in [1.82, 2.24) is 4.31 Å². The molecule has 0 aromatic carbocycles. The molecule has 2 aliphatic rings. The molecule has 0 unspecified atom stereocenters. The number of Topliss-reactive ketones (excluding diaryl/α,β-unsaturated/α-hetero) is 1. The molecule has 1 spiro atoms. The maximum Gasteiger partial charge on any atom is 0.366 e. The molecule has 23 heavy (non-hydrogen) atoms. The summed E-state index contributed by atoms with van der Waals surface area (Å²) in [7, 11) is -4.43. The smallest absolute Gasteiger partial charge is 0.366 e.